The molecule has 1 aliphatic rings. The summed E-state index contributed by atoms with van der Waals surface area (Å²) in [5, 5.41) is 3.74. The number of carbonyl (C=O) groups excluding carboxylic acids is 2. The van der Waals surface area contributed by atoms with Crippen molar-refractivity contribution in [1.82, 2.24) is 10.2 Å². The molecule has 0 aromatic heterocycles. The van der Waals surface area contributed by atoms with E-state index in [9.17, 15) is 9.59 Å². The summed E-state index contributed by atoms with van der Waals surface area (Å²) in [5.74, 6) is -0.197. The molecule has 1 N–H and O–H groups in total. The highest BCUT2D eigenvalue weighted by atomic mass is 35.5. The average molecular weight is 345 g/mol. The zero-order valence-electron chi connectivity index (χ0n) is 12.3. The van der Waals surface area contributed by atoms with Crippen LogP contribution >= 0.6 is 23.2 Å². The van der Waals surface area contributed by atoms with Crippen LogP contribution in [-0.4, -0.2) is 49.6 Å². The van der Waals surface area contributed by atoms with Crippen molar-refractivity contribution in [2.24, 2.45) is 0 Å². The van der Waals surface area contributed by atoms with Crippen LogP contribution in [0, 0.1) is 0 Å². The van der Waals surface area contributed by atoms with E-state index in [1.165, 1.54) is 7.11 Å². The molecular formula is C15H18Cl2N2O3. The van der Waals surface area contributed by atoms with Gasteiger partial charge in [-0.15, -0.1) is 0 Å². The van der Waals surface area contributed by atoms with Crippen molar-refractivity contribution >= 4 is 35.0 Å². The maximum atomic E-state index is 12.2. The monoisotopic (exact) mass is 344 g/mol. The first kappa shape index (κ1) is 17.1. The van der Waals surface area contributed by atoms with Gasteiger partial charge in [0, 0.05) is 31.8 Å². The quantitative estimate of drug-likeness (QED) is 0.911. The third kappa shape index (κ3) is 4.35. The van der Waals surface area contributed by atoms with Gasteiger partial charge in [-0.25, -0.2) is 0 Å². The standard InChI is InChI=1S/C15H18Cl2N2O3/c1-22-9-14(20)19-6-4-11(5-7-19)18-15(21)10-2-3-12(16)13(17)8-10/h2-3,8,11H,4-7,9H2,1H3,(H,18,21). The SMILES string of the molecule is COCC(=O)N1CCC(NC(=O)c2ccc(Cl)c(Cl)c2)CC1. The van der Waals surface area contributed by atoms with Gasteiger partial charge in [-0.3, -0.25) is 9.59 Å². The molecule has 0 bridgehead atoms. The molecule has 1 aromatic rings. The average Bonchev–Trinajstić information content (AvgIpc) is 2.51. The normalized spacial score (nSPS) is 15.7. The van der Waals surface area contributed by atoms with E-state index in [0.717, 1.165) is 12.8 Å². The molecule has 2 rings (SSSR count). The highest BCUT2D eigenvalue weighted by molar-refractivity contribution is 6.42. The first-order chi connectivity index (χ1) is 10.5. The Labute approximate surface area is 139 Å². The van der Waals surface area contributed by atoms with Crippen LogP contribution in [0.2, 0.25) is 10.0 Å². The Morgan fingerprint density at radius 1 is 1.27 bits per heavy atom. The number of benzene rings is 1. The summed E-state index contributed by atoms with van der Waals surface area (Å²) in [6.07, 6.45) is 1.45. The van der Waals surface area contributed by atoms with E-state index in [1.54, 1.807) is 23.1 Å². The maximum absolute atomic E-state index is 12.2. The van der Waals surface area contributed by atoms with E-state index >= 15 is 0 Å². The Balaban J connectivity index is 1.86. The zero-order valence-corrected chi connectivity index (χ0v) is 13.8. The van der Waals surface area contributed by atoms with Crippen LogP contribution in [0.1, 0.15) is 23.2 Å². The maximum Gasteiger partial charge on any atom is 0.251 e. The Morgan fingerprint density at radius 2 is 1.95 bits per heavy atom. The second-order valence-corrected chi connectivity index (χ2v) is 6.00. The number of methoxy groups -OCH3 is 1. The first-order valence-electron chi connectivity index (χ1n) is 7.04. The molecule has 2 amide bonds. The van der Waals surface area contributed by atoms with Crippen LogP contribution in [0.15, 0.2) is 18.2 Å². The smallest absolute Gasteiger partial charge is 0.251 e. The van der Waals surface area contributed by atoms with E-state index < -0.39 is 0 Å². The lowest BCUT2D eigenvalue weighted by Gasteiger charge is -2.32. The molecular weight excluding hydrogens is 327 g/mol. The number of ether oxygens (including phenoxy) is 1. The summed E-state index contributed by atoms with van der Waals surface area (Å²) < 4.78 is 4.84. The van der Waals surface area contributed by atoms with Gasteiger partial charge in [0.2, 0.25) is 5.91 Å². The lowest BCUT2D eigenvalue weighted by atomic mass is 10.0. The number of likely N-dealkylation sites (tertiary alicyclic amines) is 1. The van der Waals surface area contributed by atoms with E-state index in [4.69, 9.17) is 27.9 Å². The molecule has 0 aliphatic carbocycles. The number of nitrogens with one attached hydrogen (secondary N) is 1. The molecule has 1 aliphatic heterocycles. The van der Waals surface area contributed by atoms with Crippen LogP contribution < -0.4 is 5.32 Å². The van der Waals surface area contributed by atoms with Crippen molar-refractivity contribution in [3.63, 3.8) is 0 Å². The van der Waals surface area contributed by atoms with Gasteiger partial charge < -0.3 is 15.0 Å². The molecule has 0 radical (unpaired) electrons. The summed E-state index contributed by atoms with van der Waals surface area (Å²) in [7, 11) is 1.50. The van der Waals surface area contributed by atoms with E-state index in [-0.39, 0.29) is 24.5 Å². The molecule has 1 heterocycles. The lowest BCUT2D eigenvalue weighted by Crippen LogP contribution is -2.47. The molecule has 5 nitrogen and oxygen atoms in total. The molecule has 0 unspecified atom stereocenters. The number of carbonyl (C=O) groups is 2. The van der Waals surface area contributed by atoms with Gasteiger partial charge in [0.05, 0.1) is 10.0 Å². The van der Waals surface area contributed by atoms with Gasteiger partial charge in [0.15, 0.2) is 0 Å². The second kappa shape index (κ2) is 7.81. The predicted molar refractivity (Wildman–Crippen MR) is 85.4 cm³/mol. The minimum Gasteiger partial charge on any atom is -0.375 e. The van der Waals surface area contributed by atoms with Crippen molar-refractivity contribution in [3.8, 4) is 0 Å². The van der Waals surface area contributed by atoms with Gasteiger partial charge >= 0.3 is 0 Å². The largest absolute Gasteiger partial charge is 0.375 e. The number of hydrogen-bond donors (Lipinski definition) is 1. The molecule has 1 fully saturated rings. The van der Waals surface area contributed by atoms with Gasteiger partial charge in [-0.1, -0.05) is 23.2 Å². The van der Waals surface area contributed by atoms with Gasteiger partial charge in [0.25, 0.3) is 5.91 Å². The van der Waals surface area contributed by atoms with Crippen LogP contribution in [0.5, 0.6) is 0 Å². The van der Waals surface area contributed by atoms with Gasteiger partial charge in [-0.05, 0) is 31.0 Å². The number of nitrogens with zero attached hydrogens (tertiary/aromatic N) is 1. The zero-order chi connectivity index (χ0) is 16.1. The highest BCUT2D eigenvalue weighted by Gasteiger charge is 2.24. The van der Waals surface area contributed by atoms with E-state index in [0.29, 0.717) is 28.7 Å². The van der Waals surface area contributed by atoms with Crippen LogP contribution in [0.4, 0.5) is 0 Å². The first-order valence-corrected chi connectivity index (χ1v) is 7.79. The third-order valence-electron chi connectivity index (χ3n) is 3.63. The van der Waals surface area contributed by atoms with Crippen LogP contribution in [0.25, 0.3) is 0 Å². The molecule has 22 heavy (non-hydrogen) atoms. The summed E-state index contributed by atoms with van der Waals surface area (Å²) in [5.41, 5.74) is 0.479. The number of amides is 2. The number of hydrogen-bond acceptors (Lipinski definition) is 3. The number of halogens is 2. The lowest BCUT2D eigenvalue weighted by molar-refractivity contribution is -0.136. The molecule has 0 spiro atoms. The summed E-state index contributed by atoms with van der Waals surface area (Å²) in [4.78, 5) is 25.6. The van der Waals surface area contributed by atoms with E-state index in [1.807, 2.05) is 0 Å². The predicted octanol–water partition coefficient (Wildman–Crippen LogP) is 2.36. The van der Waals surface area contributed by atoms with Gasteiger partial charge in [0.1, 0.15) is 6.61 Å². The van der Waals surface area contributed by atoms with Crippen molar-refractivity contribution in [1.29, 1.82) is 0 Å². The van der Waals surface area contributed by atoms with Crippen LogP contribution in [0.3, 0.4) is 0 Å². The molecule has 1 saturated heterocycles. The number of rotatable bonds is 4. The summed E-state index contributed by atoms with van der Waals surface area (Å²) in [6.45, 7) is 1.34. The number of piperidine rings is 1. The van der Waals surface area contributed by atoms with Crippen molar-refractivity contribution < 1.29 is 14.3 Å². The second-order valence-electron chi connectivity index (χ2n) is 5.19. The molecule has 120 valence electrons. The minimum atomic E-state index is -0.180. The summed E-state index contributed by atoms with van der Waals surface area (Å²) in [6, 6.07) is 4.84. The molecule has 1 aromatic carbocycles. The highest BCUT2D eigenvalue weighted by Crippen LogP contribution is 2.22. The Morgan fingerprint density at radius 3 is 2.55 bits per heavy atom. The third-order valence-corrected chi connectivity index (χ3v) is 4.37. The molecule has 0 atom stereocenters. The van der Waals surface area contributed by atoms with Crippen LogP contribution in [-0.2, 0) is 9.53 Å². The Hall–Kier alpha value is -1.30. The topological polar surface area (TPSA) is 58.6 Å². The minimum absolute atomic E-state index is 0.0169. The fourth-order valence-corrected chi connectivity index (χ4v) is 2.69. The molecule has 0 saturated carbocycles. The van der Waals surface area contributed by atoms with E-state index in [2.05, 4.69) is 5.32 Å². The fourth-order valence-electron chi connectivity index (χ4n) is 2.39. The van der Waals surface area contributed by atoms with Gasteiger partial charge in [-0.2, -0.15) is 0 Å². The van der Waals surface area contributed by atoms with Crippen molar-refractivity contribution in [3.05, 3.63) is 33.8 Å². The van der Waals surface area contributed by atoms with Crippen molar-refractivity contribution in [2.75, 3.05) is 26.8 Å². The Kier molecular flexibility index (Phi) is 6.06. The summed E-state index contributed by atoms with van der Waals surface area (Å²) >= 11 is 11.8. The van der Waals surface area contributed by atoms with Crippen molar-refractivity contribution in [2.45, 2.75) is 18.9 Å². The molecule has 7 heteroatoms. The Bertz CT molecular complexity index is 558. The fraction of sp³-hybridized carbons (Fsp3) is 0.467.